The average molecular weight is 510 g/mol. The third-order valence-electron chi connectivity index (χ3n) is 7.64. The maximum atomic E-state index is 12.9. The highest BCUT2D eigenvalue weighted by Gasteiger charge is 2.43. The van der Waals surface area contributed by atoms with Crippen molar-refractivity contribution < 1.29 is 19.1 Å². The van der Waals surface area contributed by atoms with Crippen molar-refractivity contribution in [2.75, 3.05) is 7.05 Å². The summed E-state index contributed by atoms with van der Waals surface area (Å²) in [6.07, 6.45) is 21.9. The molecular formula is C31H59NO4. The zero-order chi connectivity index (χ0) is 26.6. The molecule has 0 bridgehead atoms. The molecule has 0 unspecified atom stereocenters. The topological polar surface area (TPSA) is 64.6 Å². The molecule has 1 rings (SSSR count). The van der Waals surface area contributed by atoms with Crippen LogP contribution in [0, 0.1) is 11.8 Å². The first-order valence-electron chi connectivity index (χ1n) is 15.5. The Kier molecular flexibility index (Phi) is 19.1. The lowest BCUT2D eigenvalue weighted by molar-refractivity contribution is -0.190. The normalized spacial score (nSPS) is 19.1. The van der Waals surface area contributed by atoms with E-state index >= 15 is 0 Å². The number of hydrogen-bond donors (Lipinski definition) is 1. The number of nitrogens with one attached hydrogen (secondary N) is 1. The summed E-state index contributed by atoms with van der Waals surface area (Å²) in [7, 11) is 1.83. The molecule has 0 aliphatic carbocycles. The van der Waals surface area contributed by atoms with Gasteiger partial charge in [-0.2, -0.15) is 0 Å². The fourth-order valence-electron chi connectivity index (χ4n) is 5.28. The van der Waals surface area contributed by atoms with Crippen molar-refractivity contribution in [3.63, 3.8) is 0 Å². The van der Waals surface area contributed by atoms with Crippen molar-refractivity contribution >= 4 is 11.9 Å². The van der Waals surface area contributed by atoms with Gasteiger partial charge in [-0.1, -0.05) is 118 Å². The Labute approximate surface area is 223 Å². The second-order valence-electron chi connectivity index (χ2n) is 11.5. The summed E-state index contributed by atoms with van der Waals surface area (Å²) in [5, 5.41) is 3.13. The van der Waals surface area contributed by atoms with Crippen LogP contribution in [0.4, 0.5) is 0 Å². The molecule has 0 amide bonds. The molecule has 4 atom stereocenters. The zero-order valence-electron chi connectivity index (χ0n) is 24.5. The summed E-state index contributed by atoms with van der Waals surface area (Å²) in [4.78, 5) is 25.0. The molecule has 0 radical (unpaired) electrons. The van der Waals surface area contributed by atoms with Gasteiger partial charge in [-0.15, -0.1) is 0 Å². The summed E-state index contributed by atoms with van der Waals surface area (Å²) in [6.45, 7) is 8.71. The number of likely N-dealkylation sites (N-methyl/N-ethyl adjacent to an activating group) is 1. The Bertz CT molecular complexity index is 565. The van der Waals surface area contributed by atoms with Gasteiger partial charge < -0.3 is 14.8 Å². The Hall–Kier alpha value is -1.10. The number of hydrogen-bond acceptors (Lipinski definition) is 5. The van der Waals surface area contributed by atoms with Crippen LogP contribution in [0.25, 0.3) is 0 Å². The molecule has 5 nitrogen and oxygen atoms in total. The van der Waals surface area contributed by atoms with Crippen LogP contribution in [-0.4, -0.2) is 37.2 Å². The summed E-state index contributed by atoms with van der Waals surface area (Å²) in [6, 6.07) is -0.279. The van der Waals surface area contributed by atoms with Gasteiger partial charge in [0.15, 0.2) is 0 Å². The van der Waals surface area contributed by atoms with Crippen LogP contribution in [-0.2, 0) is 19.1 Å². The fourth-order valence-corrected chi connectivity index (χ4v) is 5.28. The van der Waals surface area contributed by atoms with Gasteiger partial charge in [0.25, 0.3) is 0 Å². The highest BCUT2D eigenvalue weighted by atomic mass is 16.6. The SMILES string of the molecule is CCCCCCCCCCCCC[C@@H](C[C@@H]1OC(=O)[C@H]1CCCCCC)OC(=O)[C@H](CC(C)C)NC. The second kappa shape index (κ2) is 20.9. The van der Waals surface area contributed by atoms with Crippen molar-refractivity contribution in [1.82, 2.24) is 5.32 Å². The Morgan fingerprint density at radius 3 is 1.89 bits per heavy atom. The molecule has 0 spiro atoms. The average Bonchev–Trinajstić information content (AvgIpc) is 2.84. The largest absolute Gasteiger partial charge is 0.461 e. The van der Waals surface area contributed by atoms with Gasteiger partial charge in [-0.25, -0.2) is 0 Å². The number of rotatable bonds is 24. The molecule has 0 aromatic rings. The first-order chi connectivity index (χ1) is 17.4. The molecule has 1 fully saturated rings. The van der Waals surface area contributed by atoms with E-state index < -0.39 is 0 Å². The van der Waals surface area contributed by atoms with Crippen LogP contribution < -0.4 is 5.32 Å². The van der Waals surface area contributed by atoms with Crippen LogP contribution in [0.15, 0.2) is 0 Å². The van der Waals surface area contributed by atoms with Crippen molar-refractivity contribution in [2.45, 2.75) is 168 Å². The zero-order valence-corrected chi connectivity index (χ0v) is 24.5. The second-order valence-corrected chi connectivity index (χ2v) is 11.5. The van der Waals surface area contributed by atoms with Gasteiger partial charge in [0.05, 0.1) is 5.92 Å². The highest BCUT2D eigenvalue weighted by Crippen LogP contribution is 2.32. The molecule has 0 saturated carbocycles. The standard InChI is InChI=1S/C31H59NO4/c1-6-8-10-12-13-14-15-16-17-18-19-21-26(35-31(34)28(32-5)23-25(3)4)24-29-27(30(33)36-29)22-20-11-9-7-2/h25-29,32H,6-24H2,1-5H3/t26-,27-,28-,29-/m0/s1. The Balaban J connectivity index is 2.46. The quantitative estimate of drug-likeness (QED) is 0.105. The number of esters is 2. The molecule has 0 aromatic heterocycles. The molecule has 1 heterocycles. The van der Waals surface area contributed by atoms with Crippen LogP contribution in [0.1, 0.15) is 150 Å². The van der Waals surface area contributed by atoms with Crippen LogP contribution in [0.3, 0.4) is 0 Å². The van der Waals surface area contributed by atoms with Crippen LogP contribution in [0.5, 0.6) is 0 Å². The van der Waals surface area contributed by atoms with E-state index in [0.29, 0.717) is 12.3 Å². The summed E-state index contributed by atoms with van der Waals surface area (Å²) in [5.41, 5.74) is 0. The summed E-state index contributed by atoms with van der Waals surface area (Å²) in [5.74, 6) is 0.171. The summed E-state index contributed by atoms with van der Waals surface area (Å²) < 4.78 is 11.6. The maximum Gasteiger partial charge on any atom is 0.323 e. The molecule has 212 valence electrons. The molecular weight excluding hydrogens is 450 g/mol. The number of unbranched alkanes of at least 4 members (excludes halogenated alkanes) is 13. The van der Waals surface area contributed by atoms with Crippen molar-refractivity contribution in [1.29, 1.82) is 0 Å². The van der Waals surface area contributed by atoms with Gasteiger partial charge in [0.2, 0.25) is 0 Å². The minimum absolute atomic E-state index is 0.0175. The smallest absolute Gasteiger partial charge is 0.323 e. The van der Waals surface area contributed by atoms with Crippen LogP contribution >= 0.6 is 0 Å². The summed E-state index contributed by atoms with van der Waals surface area (Å²) >= 11 is 0. The van der Waals surface area contributed by atoms with E-state index in [4.69, 9.17) is 9.47 Å². The van der Waals surface area contributed by atoms with Gasteiger partial charge in [0.1, 0.15) is 18.2 Å². The first kappa shape index (κ1) is 32.9. The molecule has 36 heavy (non-hydrogen) atoms. The Morgan fingerprint density at radius 1 is 0.861 bits per heavy atom. The van der Waals surface area contributed by atoms with Crippen molar-refractivity contribution in [3.05, 3.63) is 0 Å². The van der Waals surface area contributed by atoms with Crippen molar-refractivity contribution in [2.24, 2.45) is 11.8 Å². The third-order valence-corrected chi connectivity index (χ3v) is 7.64. The van der Waals surface area contributed by atoms with Crippen LogP contribution in [0.2, 0.25) is 0 Å². The fraction of sp³-hybridized carbons (Fsp3) is 0.935. The Morgan fingerprint density at radius 2 is 1.39 bits per heavy atom. The molecule has 5 heteroatoms. The molecule has 1 N–H and O–H groups in total. The van der Waals surface area contributed by atoms with E-state index in [0.717, 1.165) is 32.1 Å². The van der Waals surface area contributed by atoms with E-state index in [-0.39, 0.29) is 36.1 Å². The van der Waals surface area contributed by atoms with E-state index in [1.807, 2.05) is 7.05 Å². The number of ether oxygens (including phenoxy) is 2. The van der Waals surface area contributed by atoms with Gasteiger partial charge in [-0.3, -0.25) is 9.59 Å². The molecule has 1 saturated heterocycles. The lowest BCUT2D eigenvalue weighted by Crippen LogP contribution is -2.48. The molecule has 1 aliphatic heterocycles. The van der Waals surface area contributed by atoms with Gasteiger partial charge in [-0.05, 0) is 38.6 Å². The minimum atomic E-state index is -0.279. The molecule has 0 aromatic carbocycles. The number of carbonyl (C=O) groups is 2. The molecule has 1 aliphatic rings. The third kappa shape index (κ3) is 14.6. The van der Waals surface area contributed by atoms with E-state index in [1.54, 1.807) is 0 Å². The van der Waals surface area contributed by atoms with Crippen molar-refractivity contribution in [3.8, 4) is 0 Å². The van der Waals surface area contributed by atoms with Gasteiger partial charge >= 0.3 is 11.9 Å². The maximum absolute atomic E-state index is 12.9. The van der Waals surface area contributed by atoms with E-state index in [9.17, 15) is 9.59 Å². The monoisotopic (exact) mass is 509 g/mol. The van der Waals surface area contributed by atoms with E-state index in [1.165, 1.54) is 83.5 Å². The predicted molar refractivity (Wildman–Crippen MR) is 150 cm³/mol. The first-order valence-corrected chi connectivity index (χ1v) is 15.5. The number of cyclic esters (lactones) is 1. The highest BCUT2D eigenvalue weighted by molar-refractivity contribution is 5.78. The minimum Gasteiger partial charge on any atom is -0.461 e. The van der Waals surface area contributed by atoms with E-state index in [2.05, 4.69) is 33.0 Å². The number of carbonyl (C=O) groups excluding carboxylic acids is 2. The van der Waals surface area contributed by atoms with Gasteiger partial charge in [0, 0.05) is 6.42 Å². The lowest BCUT2D eigenvalue weighted by Gasteiger charge is -2.37. The predicted octanol–water partition coefficient (Wildman–Crippen LogP) is 8.14. The lowest BCUT2D eigenvalue weighted by atomic mass is 9.86.